The van der Waals surface area contributed by atoms with E-state index >= 15 is 0 Å². The molecule has 0 aliphatic carbocycles. The van der Waals surface area contributed by atoms with Crippen molar-refractivity contribution in [1.29, 1.82) is 5.26 Å². The second-order valence-electron chi connectivity index (χ2n) is 7.37. The van der Waals surface area contributed by atoms with Gasteiger partial charge in [0.2, 0.25) is 0 Å². The van der Waals surface area contributed by atoms with Gasteiger partial charge in [0.15, 0.2) is 5.82 Å². The van der Waals surface area contributed by atoms with Crippen LogP contribution in [0.5, 0.6) is 0 Å². The zero-order valence-electron chi connectivity index (χ0n) is 15.3. The number of pyridine rings is 1. The first-order valence-electron chi connectivity index (χ1n) is 8.59. The molecule has 1 aromatic heterocycles. The van der Waals surface area contributed by atoms with E-state index in [4.69, 9.17) is 16.3 Å². The number of halogens is 2. The van der Waals surface area contributed by atoms with Gasteiger partial charge in [-0.2, -0.15) is 5.26 Å². The van der Waals surface area contributed by atoms with E-state index in [9.17, 15) is 14.4 Å². The molecule has 1 aliphatic rings. The Balaban J connectivity index is 2.16. The molecule has 2 heterocycles. The lowest BCUT2D eigenvalue weighted by Gasteiger charge is -2.38. The molecule has 142 valence electrons. The fourth-order valence-electron chi connectivity index (χ4n) is 3.20. The summed E-state index contributed by atoms with van der Waals surface area (Å²) in [7, 11) is 0. The summed E-state index contributed by atoms with van der Waals surface area (Å²) in [4.78, 5) is 18.4. The molecule has 0 spiro atoms. The molecule has 1 unspecified atom stereocenters. The molecule has 1 amide bonds. The fourth-order valence-corrected chi connectivity index (χ4v) is 3.40. The SMILES string of the molecule is CC(C)(C)OC(=O)N1CCNCC1c1c(C#N)cnc2c(F)cc(Cl)cc12. The third kappa shape index (κ3) is 3.97. The molecule has 8 heteroatoms. The summed E-state index contributed by atoms with van der Waals surface area (Å²) in [6.07, 6.45) is 0.849. The molecule has 1 fully saturated rings. The number of carbonyl (C=O) groups is 1. The normalized spacial score (nSPS) is 17.6. The van der Waals surface area contributed by atoms with E-state index in [1.54, 1.807) is 31.7 Å². The van der Waals surface area contributed by atoms with Crippen LogP contribution in [0, 0.1) is 17.1 Å². The lowest BCUT2D eigenvalue weighted by atomic mass is 9.95. The third-order valence-electron chi connectivity index (χ3n) is 4.26. The van der Waals surface area contributed by atoms with Crippen molar-refractivity contribution in [3.8, 4) is 6.07 Å². The minimum absolute atomic E-state index is 0.114. The van der Waals surface area contributed by atoms with Crippen LogP contribution >= 0.6 is 11.6 Å². The minimum atomic E-state index is -0.652. The van der Waals surface area contributed by atoms with Crippen molar-refractivity contribution < 1.29 is 13.9 Å². The number of benzene rings is 1. The van der Waals surface area contributed by atoms with Crippen molar-refractivity contribution in [3.05, 3.63) is 40.3 Å². The third-order valence-corrected chi connectivity index (χ3v) is 4.47. The second kappa shape index (κ2) is 7.29. The Morgan fingerprint density at radius 1 is 1.48 bits per heavy atom. The fraction of sp³-hybridized carbons (Fsp3) is 0.421. The average molecular weight is 391 g/mol. The van der Waals surface area contributed by atoms with Crippen LogP contribution < -0.4 is 5.32 Å². The van der Waals surface area contributed by atoms with Crippen LogP contribution in [0.1, 0.15) is 37.9 Å². The molecule has 2 aromatic rings. The van der Waals surface area contributed by atoms with Crippen LogP contribution in [0.25, 0.3) is 10.9 Å². The van der Waals surface area contributed by atoms with E-state index in [2.05, 4.69) is 16.4 Å². The molecule has 1 saturated heterocycles. The Kier molecular flexibility index (Phi) is 5.22. The van der Waals surface area contributed by atoms with Gasteiger partial charge in [0.05, 0.1) is 11.6 Å². The van der Waals surface area contributed by atoms with Gasteiger partial charge >= 0.3 is 6.09 Å². The first-order valence-corrected chi connectivity index (χ1v) is 8.97. The van der Waals surface area contributed by atoms with E-state index in [1.807, 2.05) is 0 Å². The number of piperazine rings is 1. The van der Waals surface area contributed by atoms with Gasteiger partial charge in [-0.05, 0) is 32.9 Å². The Morgan fingerprint density at radius 3 is 2.89 bits per heavy atom. The molecule has 1 aromatic carbocycles. The predicted molar refractivity (Wildman–Crippen MR) is 100.0 cm³/mol. The Bertz CT molecular complexity index is 936. The summed E-state index contributed by atoms with van der Waals surface area (Å²) < 4.78 is 19.9. The summed E-state index contributed by atoms with van der Waals surface area (Å²) >= 11 is 6.04. The lowest BCUT2D eigenvalue weighted by Crippen LogP contribution is -2.50. The zero-order chi connectivity index (χ0) is 19.8. The van der Waals surface area contributed by atoms with Crippen LogP contribution in [-0.4, -0.2) is 41.2 Å². The first-order chi connectivity index (χ1) is 12.7. The quantitative estimate of drug-likeness (QED) is 0.801. The number of aromatic nitrogens is 1. The van der Waals surface area contributed by atoms with Gasteiger partial charge in [-0.15, -0.1) is 0 Å². The standard InChI is InChI=1S/C19H20ClFN4O2/c1-19(2,3)27-18(26)25-5-4-23-10-15(25)16-11(8-22)9-24-17-13(16)6-12(20)7-14(17)21/h6-7,9,15,23H,4-5,10H2,1-3H3. The first kappa shape index (κ1) is 19.3. The van der Waals surface area contributed by atoms with Crippen LogP contribution in [0.4, 0.5) is 9.18 Å². The van der Waals surface area contributed by atoms with Crippen molar-refractivity contribution in [2.75, 3.05) is 19.6 Å². The van der Waals surface area contributed by atoms with Gasteiger partial charge in [0, 0.05) is 41.8 Å². The lowest BCUT2D eigenvalue weighted by molar-refractivity contribution is 0.0119. The maximum Gasteiger partial charge on any atom is 0.410 e. The number of amides is 1. The predicted octanol–water partition coefficient (Wildman–Crippen LogP) is 3.78. The van der Waals surface area contributed by atoms with Gasteiger partial charge in [-0.1, -0.05) is 11.6 Å². The van der Waals surface area contributed by atoms with Gasteiger partial charge in [-0.3, -0.25) is 9.88 Å². The summed E-state index contributed by atoms with van der Waals surface area (Å²) in [5.41, 5.74) is 0.247. The van der Waals surface area contributed by atoms with Gasteiger partial charge in [0.1, 0.15) is 17.2 Å². The number of rotatable bonds is 1. The number of ether oxygens (including phenoxy) is 1. The number of hydrogen-bond donors (Lipinski definition) is 1. The molecule has 0 radical (unpaired) electrons. The van der Waals surface area contributed by atoms with Crippen molar-refractivity contribution in [3.63, 3.8) is 0 Å². The molecule has 6 nitrogen and oxygen atoms in total. The largest absolute Gasteiger partial charge is 0.444 e. The highest BCUT2D eigenvalue weighted by Crippen LogP contribution is 2.34. The smallest absolute Gasteiger partial charge is 0.410 e. The van der Waals surface area contributed by atoms with Gasteiger partial charge < -0.3 is 10.1 Å². The number of nitrogens with zero attached hydrogens (tertiary/aromatic N) is 3. The maximum absolute atomic E-state index is 14.4. The summed E-state index contributed by atoms with van der Waals surface area (Å²) in [5, 5.41) is 13.4. The van der Waals surface area contributed by atoms with Crippen molar-refractivity contribution >= 4 is 28.6 Å². The van der Waals surface area contributed by atoms with Crippen molar-refractivity contribution in [1.82, 2.24) is 15.2 Å². The van der Waals surface area contributed by atoms with Crippen molar-refractivity contribution in [2.24, 2.45) is 0 Å². The van der Waals surface area contributed by atoms with E-state index in [0.717, 1.165) is 0 Å². The molecule has 1 aliphatic heterocycles. The second-order valence-corrected chi connectivity index (χ2v) is 7.81. The molecule has 0 saturated carbocycles. The zero-order valence-corrected chi connectivity index (χ0v) is 16.1. The summed E-state index contributed by atoms with van der Waals surface area (Å²) in [6, 6.07) is 4.34. The Hall–Kier alpha value is -2.43. The maximum atomic E-state index is 14.4. The highest BCUT2D eigenvalue weighted by Gasteiger charge is 2.34. The molecule has 0 bridgehead atoms. The van der Waals surface area contributed by atoms with E-state index < -0.39 is 23.6 Å². The molecular formula is C19H20ClFN4O2. The van der Waals surface area contributed by atoms with Gasteiger partial charge in [0.25, 0.3) is 0 Å². The van der Waals surface area contributed by atoms with Crippen LogP contribution in [0.3, 0.4) is 0 Å². The number of nitriles is 1. The Morgan fingerprint density at radius 2 is 2.22 bits per heavy atom. The van der Waals surface area contributed by atoms with Crippen LogP contribution in [0.2, 0.25) is 5.02 Å². The summed E-state index contributed by atoms with van der Waals surface area (Å²) in [5.74, 6) is -0.573. The van der Waals surface area contributed by atoms with Crippen LogP contribution in [0.15, 0.2) is 18.3 Å². The monoisotopic (exact) mass is 390 g/mol. The van der Waals surface area contributed by atoms with Crippen molar-refractivity contribution in [2.45, 2.75) is 32.4 Å². The minimum Gasteiger partial charge on any atom is -0.444 e. The number of nitrogens with one attached hydrogen (secondary N) is 1. The van der Waals surface area contributed by atoms with Gasteiger partial charge in [-0.25, -0.2) is 9.18 Å². The number of hydrogen-bond acceptors (Lipinski definition) is 5. The summed E-state index contributed by atoms with van der Waals surface area (Å²) in [6.45, 7) is 6.77. The number of fused-ring (bicyclic) bond motifs is 1. The molecule has 1 N–H and O–H groups in total. The highest BCUT2D eigenvalue weighted by molar-refractivity contribution is 6.31. The Labute approximate surface area is 161 Å². The molecular weight excluding hydrogens is 371 g/mol. The molecule has 27 heavy (non-hydrogen) atoms. The number of carbonyl (C=O) groups excluding carboxylic acids is 1. The van der Waals surface area contributed by atoms with E-state index in [1.165, 1.54) is 12.3 Å². The van der Waals surface area contributed by atoms with E-state index in [-0.39, 0.29) is 16.1 Å². The van der Waals surface area contributed by atoms with E-state index in [0.29, 0.717) is 30.6 Å². The average Bonchev–Trinajstić information content (AvgIpc) is 2.59. The van der Waals surface area contributed by atoms with Crippen LogP contribution in [-0.2, 0) is 4.74 Å². The molecule has 3 rings (SSSR count). The topological polar surface area (TPSA) is 78.2 Å². The molecule has 1 atom stereocenters. The highest BCUT2D eigenvalue weighted by atomic mass is 35.5.